The Morgan fingerprint density at radius 2 is 2.24 bits per heavy atom. The number of carbonyl (C=O) groups is 1. The van der Waals surface area contributed by atoms with E-state index in [9.17, 15) is 9.90 Å². The average molecular weight is 234 g/mol. The molecule has 0 saturated carbocycles. The largest absolute Gasteiger partial charge is 0.493 e. The summed E-state index contributed by atoms with van der Waals surface area (Å²) >= 11 is 0. The summed E-state index contributed by atoms with van der Waals surface area (Å²) in [5.41, 5.74) is 1.66. The van der Waals surface area contributed by atoms with Gasteiger partial charge >= 0.3 is 5.97 Å². The zero-order chi connectivity index (χ0) is 12.6. The van der Waals surface area contributed by atoms with Gasteiger partial charge in [-0.2, -0.15) is 0 Å². The lowest BCUT2D eigenvalue weighted by atomic mass is 9.80. The average Bonchev–Trinajstić information content (AvgIpc) is 2.62. The molecule has 1 heterocycles. The second kappa shape index (κ2) is 4.06. The van der Waals surface area contributed by atoms with Crippen LogP contribution in [0.15, 0.2) is 18.2 Å². The van der Waals surface area contributed by atoms with E-state index in [2.05, 4.69) is 0 Å². The molecule has 1 N–H and O–H groups in total. The maximum Gasteiger partial charge on any atom is 0.309 e. The molecule has 0 saturated heterocycles. The van der Waals surface area contributed by atoms with Gasteiger partial charge in [0.25, 0.3) is 0 Å². The van der Waals surface area contributed by atoms with Crippen molar-refractivity contribution in [2.45, 2.75) is 33.1 Å². The maximum atomic E-state index is 11.2. The Hall–Kier alpha value is -1.51. The molecular formula is C14H18O3. The van der Waals surface area contributed by atoms with E-state index >= 15 is 0 Å². The minimum Gasteiger partial charge on any atom is -0.493 e. The van der Waals surface area contributed by atoms with Crippen LogP contribution in [-0.2, 0) is 4.79 Å². The molecule has 0 amide bonds. The lowest BCUT2D eigenvalue weighted by Gasteiger charge is -2.23. The van der Waals surface area contributed by atoms with Crippen molar-refractivity contribution in [1.82, 2.24) is 0 Å². The van der Waals surface area contributed by atoms with Gasteiger partial charge in [-0.25, -0.2) is 0 Å². The first-order chi connectivity index (χ1) is 7.92. The van der Waals surface area contributed by atoms with E-state index in [1.807, 2.05) is 25.1 Å². The molecule has 17 heavy (non-hydrogen) atoms. The molecule has 0 bridgehead atoms. The fourth-order valence-electron chi connectivity index (χ4n) is 2.44. The predicted molar refractivity (Wildman–Crippen MR) is 65.4 cm³/mol. The van der Waals surface area contributed by atoms with Gasteiger partial charge in [0.05, 0.1) is 12.0 Å². The van der Waals surface area contributed by atoms with Crippen LogP contribution in [0.3, 0.4) is 0 Å². The van der Waals surface area contributed by atoms with Gasteiger partial charge in [-0.3, -0.25) is 4.79 Å². The molecule has 2 rings (SSSR count). The van der Waals surface area contributed by atoms with Crippen molar-refractivity contribution >= 4 is 5.97 Å². The number of rotatable bonds is 3. The van der Waals surface area contributed by atoms with Crippen molar-refractivity contribution in [1.29, 1.82) is 0 Å². The number of hydrogen-bond donors (Lipinski definition) is 1. The van der Waals surface area contributed by atoms with Crippen LogP contribution >= 0.6 is 0 Å². The third-order valence-corrected chi connectivity index (χ3v) is 3.47. The zero-order valence-corrected chi connectivity index (χ0v) is 10.5. The van der Waals surface area contributed by atoms with Gasteiger partial charge < -0.3 is 9.84 Å². The minimum absolute atomic E-state index is 0.192. The van der Waals surface area contributed by atoms with Crippen LogP contribution in [-0.4, -0.2) is 17.7 Å². The lowest BCUT2D eigenvalue weighted by Crippen LogP contribution is -2.26. The fraction of sp³-hybridized carbons (Fsp3) is 0.500. The SMILES string of the molecule is Cc1cccc2c1C(CC(C)(C)C(=O)O)CO2. The standard InChI is InChI=1S/C14H18O3/c1-9-5-4-6-11-12(9)10(8-17-11)7-14(2,3)13(15)16/h4-6,10H,7-8H2,1-3H3,(H,15,16). The Morgan fingerprint density at radius 1 is 1.53 bits per heavy atom. The molecule has 92 valence electrons. The van der Waals surface area contributed by atoms with Crippen LogP contribution in [0.4, 0.5) is 0 Å². The highest BCUT2D eigenvalue weighted by molar-refractivity contribution is 5.73. The summed E-state index contributed by atoms with van der Waals surface area (Å²) in [5, 5.41) is 9.18. The molecule has 0 radical (unpaired) electrons. The van der Waals surface area contributed by atoms with Crippen LogP contribution in [0.1, 0.15) is 37.3 Å². The first kappa shape index (κ1) is 12.0. The summed E-state index contributed by atoms with van der Waals surface area (Å²) in [4.78, 5) is 11.2. The molecule has 1 unspecified atom stereocenters. The van der Waals surface area contributed by atoms with Crippen molar-refractivity contribution in [3.05, 3.63) is 29.3 Å². The number of hydrogen-bond acceptors (Lipinski definition) is 2. The van der Waals surface area contributed by atoms with E-state index in [1.165, 1.54) is 11.1 Å². The van der Waals surface area contributed by atoms with Crippen molar-refractivity contribution in [2.24, 2.45) is 5.41 Å². The second-order valence-electron chi connectivity index (χ2n) is 5.39. The first-order valence-electron chi connectivity index (χ1n) is 5.87. The molecular weight excluding hydrogens is 216 g/mol. The summed E-state index contributed by atoms with van der Waals surface area (Å²) < 4.78 is 5.62. The van der Waals surface area contributed by atoms with Crippen LogP contribution in [0, 0.1) is 12.3 Å². The molecule has 1 aromatic rings. The summed E-state index contributed by atoms with van der Waals surface area (Å²) in [6.45, 7) is 6.18. The topological polar surface area (TPSA) is 46.5 Å². The second-order valence-corrected chi connectivity index (χ2v) is 5.39. The van der Waals surface area contributed by atoms with Gasteiger partial charge in [-0.1, -0.05) is 12.1 Å². The number of carboxylic acid groups (broad SMARTS) is 1. The fourth-order valence-corrected chi connectivity index (χ4v) is 2.44. The third-order valence-electron chi connectivity index (χ3n) is 3.47. The van der Waals surface area contributed by atoms with E-state index in [1.54, 1.807) is 13.8 Å². The molecule has 0 aromatic heterocycles. The molecule has 1 aliphatic heterocycles. The van der Waals surface area contributed by atoms with E-state index in [-0.39, 0.29) is 5.92 Å². The quantitative estimate of drug-likeness (QED) is 0.874. The van der Waals surface area contributed by atoms with Gasteiger partial charge in [0.2, 0.25) is 0 Å². The van der Waals surface area contributed by atoms with E-state index in [0.29, 0.717) is 13.0 Å². The normalized spacial score (nSPS) is 18.6. The van der Waals surface area contributed by atoms with E-state index in [0.717, 1.165) is 5.75 Å². The van der Waals surface area contributed by atoms with Crippen LogP contribution in [0.2, 0.25) is 0 Å². The lowest BCUT2D eigenvalue weighted by molar-refractivity contribution is -0.147. The molecule has 1 atom stereocenters. The van der Waals surface area contributed by atoms with Gasteiger partial charge in [-0.05, 0) is 38.8 Å². The van der Waals surface area contributed by atoms with Crippen molar-refractivity contribution < 1.29 is 14.6 Å². The van der Waals surface area contributed by atoms with Gasteiger partial charge in [0, 0.05) is 11.5 Å². The predicted octanol–water partition coefficient (Wildman–Crippen LogP) is 2.97. The highest BCUT2D eigenvalue weighted by atomic mass is 16.5. The molecule has 3 nitrogen and oxygen atoms in total. The number of carboxylic acids is 1. The highest BCUT2D eigenvalue weighted by Crippen LogP contribution is 2.42. The van der Waals surface area contributed by atoms with Gasteiger partial charge in [0.15, 0.2) is 0 Å². The Kier molecular flexibility index (Phi) is 2.86. The van der Waals surface area contributed by atoms with Crippen LogP contribution in [0.5, 0.6) is 5.75 Å². The molecule has 1 aromatic carbocycles. The molecule has 1 aliphatic rings. The Labute approximate surface area is 101 Å². The number of aryl methyl sites for hydroxylation is 1. The molecule has 0 spiro atoms. The van der Waals surface area contributed by atoms with E-state index < -0.39 is 11.4 Å². The summed E-state index contributed by atoms with van der Waals surface area (Å²) in [5.74, 6) is 0.355. The number of aliphatic carboxylic acids is 1. The van der Waals surface area contributed by atoms with Gasteiger partial charge in [-0.15, -0.1) is 0 Å². The minimum atomic E-state index is -0.750. The molecule has 3 heteroatoms. The van der Waals surface area contributed by atoms with Crippen molar-refractivity contribution in [3.63, 3.8) is 0 Å². The zero-order valence-electron chi connectivity index (χ0n) is 10.5. The van der Waals surface area contributed by atoms with E-state index in [4.69, 9.17) is 4.74 Å². The maximum absolute atomic E-state index is 11.2. The number of benzene rings is 1. The summed E-state index contributed by atoms with van der Waals surface area (Å²) in [6, 6.07) is 5.98. The molecule has 0 fully saturated rings. The number of fused-ring (bicyclic) bond motifs is 1. The monoisotopic (exact) mass is 234 g/mol. The van der Waals surface area contributed by atoms with Crippen LogP contribution in [0.25, 0.3) is 0 Å². The highest BCUT2D eigenvalue weighted by Gasteiger charge is 2.35. The smallest absolute Gasteiger partial charge is 0.309 e. The Balaban J connectivity index is 2.26. The van der Waals surface area contributed by atoms with Crippen molar-refractivity contribution in [3.8, 4) is 5.75 Å². The van der Waals surface area contributed by atoms with Crippen molar-refractivity contribution in [2.75, 3.05) is 6.61 Å². The molecule has 0 aliphatic carbocycles. The van der Waals surface area contributed by atoms with Crippen LogP contribution < -0.4 is 4.74 Å². The van der Waals surface area contributed by atoms with Gasteiger partial charge in [0.1, 0.15) is 5.75 Å². The Morgan fingerprint density at radius 3 is 2.88 bits per heavy atom. The summed E-state index contributed by atoms with van der Waals surface area (Å²) in [6.07, 6.45) is 0.611. The third kappa shape index (κ3) is 2.14. The Bertz CT molecular complexity index is 449. The number of ether oxygens (including phenoxy) is 1. The summed E-state index contributed by atoms with van der Waals surface area (Å²) in [7, 11) is 0. The first-order valence-corrected chi connectivity index (χ1v) is 5.87.